The van der Waals surface area contributed by atoms with Gasteiger partial charge in [-0.3, -0.25) is 4.98 Å². The van der Waals surface area contributed by atoms with Gasteiger partial charge in [0.1, 0.15) is 0 Å². The number of nitrogens with zero attached hydrogens (tertiary/aromatic N) is 1. The van der Waals surface area contributed by atoms with Crippen molar-refractivity contribution in [2.45, 2.75) is 18.9 Å². The fourth-order valence-corrected chi connectivity index (χ4v) is 1.30. The van der Waals surface area contributed by atoms with E-state index < -0.39 is 0 Å². The Hall–Kier alpha value is -0.160. The summed E-state index contributed by atoms with van der Waals surface area (Å²) >= 11 is 3.30. The van der Waals surface area contributed by atoms with Crippen LogP contribution in [0, 0.1) is 0 Å². The summed E-state index contributed by atoms with van der Waals surface area (Å²) in [6.07, 6.45) is 3.22. The molecule has 1 atom stereocenters. The standard InChI is InChI=1S/C9H13BrN2O.ClH/c10-7-3-4-9(12-6-7)8(11)2-1-5-13;/h3-4,6,8,13H,1-2,5,11H2;1H/t8-;/m0./s1. The summed E-state index contributed by atoms with van der Waals surface area (Å²) < 4.78 is 0.950. The van der Waals surface area contributed by atoms with E-state index in [1.807, 2.05) is 12.1 Å². The van der Waals surface area contributed by atoms with E-state index in [9.17, 15) is 0 Å². The summed E-state index contributed by atoms with van der Waals surface area (Å²) in [6.45, 7) is 0.185. The first-order valence-electron chi connectivity index (χ1n) is 4.22. The summed E-state index contributed by atoms with van der Waals surface area (Å²) in [5, 5.41) is 8.62. The number of nitrogens with two attached hydrogens (primary N) is 1. The molecule has 0 aliphatic rings. The largest absolute Gasteiger partial charge is 0.396 e. The van der Waals surface area contributed by atoms with E-state index in [-0.39, 0.29) is 25.1 Å². The van der Waals surface area contributed by atoms with E-state index in [0.29, 0.717) is 0 Å². The molecule has 0 spiro atoms. The Labute approximate surface area is 98.3 Å². The van der Waals surface area contributed by atoms with E-state index in [0.717, 1.165) is 23.0 Å². The first kappa shape index (κ1) is 13.8. The Kier molecular flexibility index (Phi) is 7.09. The van der Waals surface area contributed by atoms with Crippen molar-refractivity contribution in [1.82, 2.24) is 4.98 Å². The average Bonchev–Trinajstić information content (AvgIpc) is 2.15. The zero-order chi connectivity index (χ0) is 9.68. The molecule has 3 nitrogen and oxygen atoms in total. The zero-order valence-electron chi connectivity index (χ0n) is 7.69. The molecule has 0 unspecified atom stereocenters. The number of aromatic nitrogens is 1. The van der Waals surface area contributed by atoms with Crippen LogP contribution >= 0.6 is 28.3 Å². The Balaban J connectivity index is 0.00000169. The van der Waals surface area contributed by atoms with Crippen molar-refractivity contribution in [3.63, 3.8) is 0 Å². The number of hydrogen-bond donors (Lipinski definition) is 2. The normalized spacial score (nSPS) is 11.9. The summed E-state index contributed by atoms with van der Waals surface area (Å²) in [6, 6.07) is 3.74. The van der Waals surface area contributed by atoms with Crippen LogP contribution in [0.4, 0.5) is 0 Å². The lowest BCUT2D eigenvalue weighted by Crippen LogP contribution is -2.12. The fourth-order valence-electron chi connectivity index (χ4n) is 1.07. The van der Waals surface area contributed by atoms with Gasteiger partial charge in [0, 0.05) is 23.3 Å². The molecule has 1 aromatic rings. The van der Waals surface area contributed by atoms with Crippen molar-refractivity contribution >= 4 is 28.3 Å². The van der Waals surface area contributed by atoms with E-state index in [1.54, 1.807) is 6.20 Å². The highest BCUT2D eigenvalue weighted by Gasteiger charge is 2.05. The van der Waals surface area contributed by atoms with E-state index in [1.165, 1.54) is 0 Å². The van der Waals surface area contributed by atoms with Crippen molar-refractivity contribution in [2.24, 2.45) is 5.73 Å². The second-order valence-electron chi connectivity index (χ2n) is 2.87. The molecule has 0 bridgehead atoms. The molecule has 1 aromatic heterocycles. The molecule has 5 heteroatoms. The molecule has 1 rings (SSSR count). The minimum Gasteiger partial charge on any atom is -0.396 e. The molecule has 0 radical (unpaired) electrons. The predicted molar refractivity (Wildman–Crippen MR) is 62.4 cm³/mol. The number of hydrogen-bond acceptors (Lipinski definition) is 3. The topological polar surface area (TPSA) is 59.1 Å². The van der Waals surface area contributed by atoms with Gasteiger partial charge < -0.3 is 10.8 Å². The van der Waals surface area contributed by atoms with Gasteiger partial charge in [0.2, 0.25) is 0 Å². The molecule has 0 aliphatic heterocycles. The van der Waals surface area contributed by atoms with Gasteiger partial charge in [0.15, 0.2) is 0 Å². The lowest BCUT2D eigenvalue weighted by molar-refractivity contribution is 0.279. The van der Waals surface area contributed by atoms with Crippen LogP contribution in [-0.2, 0) is 0 Å². The van der Waals surface area contributed by atoms with Crippen LogP contribution in [-0.4, -0.2) is 16.7 Å². The number of aliphatic hydroxyl groups is 1. The molecule has 14 heavy (non-hydrogen) atoms. The van der Waals surface area contributed by atoms with Gasteiger partial charge in [-0.2, -0.15) is 0 Å². The fraction of sp³-hybridized carbons (Fsp3) is 0.444. The average molecular weight is 282 g/mol. The van der Waals surface area contributed by atoms with Crippen molar-refractivity contribution in [3.8, 4) is 0 Å². The highest BCUT2D eigenvalue weighted by Crippen LogP contribution is 2.15. The van der Waals surface area contributed by atoms with Crippen LogP contribution in [0.25, 0.3) is 0 Å². The maximum atomic E-state index is 8.62. The number of aliphatic hydroxyl groups excluding tert-OH is 1. The molecule has 0 saturated carbocycles. The van der Waals surface area contributed by atoms with Gasteiger partial charge >= 0.3 is 0 Å². The molecule has 0 amide bonds. The molecule has 1 heterocycles. The monoisotopic (exact) mass is 280 g/mol. The van der Waals surface area contributed by atoms with Crippen LogP contribution in [0.15, 0.2) is 22.8 Å². The van der Waals surface area contributed by atoms with Gasteiger partial charge in [-0.25, -0.2) is 0 Å². The maximum Gasteiger partial charge on any atom is 0.0571 e. The van der Waals surface area contributed by atoms with Crippen molar-refractivity contribution in [3.05, 3.63) is 28.5 Å². The summed E-state index contributed by atoms with van der Waals surface area (Å²) in [5.74, 6) is 0. The third-order valence-corrected chi connectivity index (χ3v) is 2.27. The van der Waals surface area contributed by atoms with Crippen LogP contribution in [0.3, 0.4) is 0 Å². The van der Waals surface area contributed by atoms with Gasteiger partial charge in [-0.15, -0.1) is 12.4 Å². The molecule has 0 aliphatic carbocycles. The molecule has 3 N–H and O–H groups in total. The van der Waals surface area contributed by atoms with Crippen LogP contribution in [0.2, 0.25) is 0 Å². The highest BCUT2D eigenvalue weighted by molar-refractivity contribution is 9.10. The Morgan fingerprint density at radius 2 is 2.21 bits per heavy atom. The lowest BCUT2D eigenvalue weighted by Gasteiger charge is -2.09. The molecular weight excluding hydrogens is 267 g/mol. The Morgan fingerprint density at radius 1 is 1.50 bits per heavy atom. The number of rotatable bonds is 4. The van der Waals surface area contributed by atoms with E-state index in [4.69, 9.17) is 10.8 Å². The Morgan fingerprint density at radius 3 is 2.71 bits per heavy atom. The molecule has 0 aromatic carbocycles. The molecule has 0 saturated heterocycles. The molecule has 80 valence electrons. The second-order valence-corrected chi connectivity index (χ2v) is 3.79. The van der Waals surface area contributed by atoms with Crippen LogP contribution in [0.5, 0.6) is 0 Å². The van der Waals surface area contributed by atoms with Gasteiger partial charge in [0.25, 0.3) is 0 Å². The summed E-state index contributed by atoms with van der Waals surface area (Å²) in [4.78, 5) is 4.18. The SMILES string of the molecule is Cl.N[C@@H](CCCO)c1ccc(Br)cn1. The van der Waals surface area contributed by atoms with E-state index in [2.05, 4.69) is 20.9 Å². The zero-order valence-corrected chi connectivity index (χ0v) is 10.1. The second kappa shape index (κ2) is 7.17. The summed E-state index contributed by atoms with van der Waals surface area (Å²) in [7, 11) is 0. The molecular formula is C9H14BrClN2O. The molecule has 0 fully saturated rings. The minimum atomic E-state index is -0.0692. The first-order valence-corrected chi connectivity index (χ1v) is 5.01. The van der Waals surface area contributed by atoms with Crippen molar-refractivity contribution < 1.29 is 5.11 Å². The third-order valence-electron chi connectivity index (χ3n) is 1.80. The van der Waals surface area contributed by atoms with Crippen LogP contribution < -0.4 is 5.73 Å². The minimum absolute atomic E-state index is 0. The maximum absolute atomic E-state index is 8.62. The van der Waals surface area contributed by atoms with Crippen molar-refractivity contribution in [1.29, 1.82) is 0 Å². The highest BCUT2D eigenvalue weighted by atomic mass is 79.9. The van der Waals surface area contributed by atoms with Crippen molar-refractivity contribution in [2.75, 3.05) is 6.61 Å². The first-order chi connectivity index (χ1) is 6.24. The number of halogens is 2. The lowest BCUT2D eigenvalue weighted by atomic mass is 10.1. The quantitative estimate of drug-likeness (QED) is 0.888. The smallest absolute Gasteiger partial charge is 0.0571 e. The van der Waals surface area contributed by atoms with Gasteiger partial charge in [-0.1, -0.05) is 0 Å². The third kappa shape index (κ3) is 4.37. The summed E-state index contributed by atoms with van der Waals surface area (Å²) in [5.41, 5.74) is 6.71. The Bertz CT molecular complexity index is 255. The number of pyridine rings is 1. The van der Waals surface area contributed by atoms with Crippen LogP contribution in [0.1, 0.15) is 24.6 Å². The van der Waals surface area contributed by atoms with E-state index >= 15 is 0 Å². The predicted octanol–water partition coefficient (Wildman–Crippen LogP) is 2.04. The van der Waals surface area contributed by atoms with Gasteiger partial charge in [-0.05, 0) is 40.9 Å². The van der Waals surface area contributed by atoms with Gasteiger partial charge in [0.05, 0.1) is 5.69 Å².